The quantitative estimate of drug-likeness (QED) is 0.729. The standard InChI is InChI=1S/C14H10N2O.ClH/c17-14-12-4-2-1-3-11(12)9-13(16-14)10-5-7-15-8-6-10;/h1-9H,(H,16,17);1H. The molecule has 3 aromatic rings. The number of rotatable bonds is 1. The van der Waals surface area contributed by atoms with Crippen LogP contribution in [0.3, 0.4) is 0 Å². The van der Waals surface area contributed by atoms with Gasteiger partial charge in [0, 0.05) is 29.0 Å². The molecule has 90 valence electrons. The Balaban J connectivity index is 0.00000120. The van der Waals surface area contributed by atoms with Crippen LogP contribution in [0.15, 0.2) is 59.7 Å². The fourth-order valence-corrected chi connectivity index (χ4v) is 1.90. The van der Waals surface area contributed by atoms with Crippen LogP contribution in [0.5, 0.6) is 0 Å². The van der Waals surface area contributed by atoms with E-state index in [1.54, 1.807) is 12.4 Å². The van der Waals surface area contributed by atoms with Crippen molar-refractivity contribution >= 4 is 23.2 Å². The number of benzene rings is 1. The van der Waals surface area contributed by atoms with E-state index in [0.29, 0.717) is 5.39 Å². The molecule has 0 saturated carbocycles. The first-order valence-electron chi connectivity index (χ1n) is 5.37. The van der Waals surface area contributed by atoms with E-state index in [4.69, 9.17) is 0 Å². The first kappa shape index (κ1) is 12.3. The number of fused-ring (bicyclic) bond motifs is 1. The summed E-state index contributed by atoms with van der Waals surface area (Å²) >= 11 is 0. The van der Waals surface area contributed by atoms with Crippen LogP contribution in [0.25, 0.3) is 22.0 Å². The monoisotopic (exact) mass is 258 g/mol. The smallest absolute Gasteiger partial charge is 0.256 e. The summed E-state index contributed by atoms with van der Waals surface area (Å²) in [5.41, 5.74) is 1.72. The Bertz CT molecular complexity index is 722. The van der Waals surface area contributed by atoms with Crippen LogP contribution < -0.4 is 5.56 Å². The van der Waals surface area contributed by atoms with E-state index >= 15 is 0 Å². The molecule has 0 unspecified atom stereocenters. The molecule has 0 spiro atoms. The lowest BCUT2D eigenvalue weighted by Gasteiger charge is -2.03. The highest BCUT2D eigenvalue weighted by Gasteiger charge is 2.02. The zero-order valence-electron chi connectivity index (χ0n) is 9.46. The minimum absolute atomic E-state index is 0. The van der Waals surface area contributed by atoms with Gasteiger partial charge < -0.3 is 4.98 Å². The van der Waals surface area contributed by atoms with Gasteiger partial charge in [-0.15, -0.1) is 12.4 Å². The Hall–Kier alpha value is -2.13. The van der Waals surface area contributed by atoms with Crippen LogP contribution in [0.4, 0.5) is 0 Å². The van der Waals surface area contributed by atoms with Crippen molar-refractivity contribution in [3.05, 3.63) is 65.2 Å². The Kier molecular flexibility index (Phi) is 3.44. The van der Waals surface area contributed by atoms with Gasteiger partial charge >= 0.3 is 0 Å². The molecule has 4 heteroatoms. The number of aromatic amines is 1. The highest BCUT2D eigenvalue weighted by atomic mass is 35.5. The summed E-state index contributed by atoms with van der Waals surface area (Å²) in [5, 5.41) is 1.66. The molecule has 1 N–H and O–H groups in total. The maximum atomic E-state index is 11.9. The van der Waals surface area contributed by atoms with Crippen LogP contribution in [-0.4, -0.2) is 9.97 Å². The van der Waals surface area contributed by atoms with Gasteiger partial charge in [-0.05, 0) is 29.7 Å². The van der Waals surface area contributed by atoms with Crippen LogP contribution in [0.2, 0.25) is 0 Å². The molecule has 3 rings (SSSR count). The highest BCUT2D eigenvalue weighted by Crippen LogP contribution is 2.18. The molecule has 0 atom stereocenters. The molecule has 18 heavy (non-hydrogen) atoms. The Morgan fingerprint density at radius 3 is 2.50 bits per heavy atom. The second-order valence-electron chi connectivity index (χ2n) is 3.84. The molecule has 0 aliphatic carbocycles. The van der Waals surface area contributed by atoms with Gasteiger partial charge in [-0.2, -0.15) is 0 Å². The van der Waals surface area contributed by atoms with E-state index < -0.39 is 0 Å². The van der Waals surface area contributed by atoms with Crippen molar-refractivity contribution in [3.63, 3.8) is 0 Å². The maximum Gasteiger partial charge on any atom is 0.256 e. The summed E-state index contributed by atoms with van der Waals surface area (Å²) in [6.07, 6.45) is 3.42. The summed E-state index contributed by atoms with van der Waals surface area (Å²) in [7, 11) is 0. The Labute approximate surface area is 110 Å². The van der Waals surface area contributed by atoms with Gasteiger partial charge in [0.25, 0.3) is 5.56 Å². The number of halogens is 1. The second-order valence-corrected chi connectivity index (χ2v) is 3.84. The third kappa shape index (κ3) is 2.13. The molecule has 2 aromatic heterocycles. The maximum absolute atomic E-state index is 11.9. The molecular formula is C14H11ClN2O. The van der Waals surface area contributed by atoms with Crippen LogP contribution in [0.1, 0.15) is 0 Å². The molecule has 0 aliphatic rings. The minimum Gasteiger partial charge on any atom is -0.321 e. The number of nitrogens with zero attached hydrogens (tertiary/aromatic N) is 1. The predicted octanol–water partition coefficient (Wildman–Crippen LogP) is 3.01. The molecule has 2 heterocycles. The molecule has 0 fully saturated rings. The van der Waals surface area contributed by atoms with E-state index in [1.807, 2.05) is 42.5 Å². The first-order valence-corrected chi connectivity index (χ1v) is 5.37. The van der Waals surface area contributed by atoms with E-state index in [9.17, 15) is 4.79 Å². The van der Waals surface area contributed by atoms with Crippen molar-refractivity contribution < 1.29 is 0 Å². The fourth-order valence-electron chi connectivity index (χ4n) is 1.90. The van der Waals surface area contributed by atoms with E-state index in [1.165, 1.54) is 0 Å². The molecule has 1 aromatic carbocycles. The van der Waals surface area contributed by atoms with Crippen molar-refractivity contribution in [1.82, 2.24) is 9.97 Å². The largest absolute Gasteiger partial charge is 0.321 e. The number of H-pyrrole nitrogens is 1. The average molecular weight is 259 g/mol. The lowest BCUT2D eigenvalue weighted by Crippen LogP contribution is -2.06. The molecule has 3 nitrogen and oxygen atoms in total. The zero-order chi connectivity index (χ0) is 11.7. The third-order valence-corrected chi connectivity index (χ3v) is 2.74. The van der Waals surface area contributed by atoms with Gasteiger partial charge in [-0.3, -0.25) is 9.78 Å². The average Bonchev–Trinajstić information content (AvgIpc) is 2.40. The Morgan fingerprint density at radius 2 is 1.72 bits per heavy atom. The van der Waals surface area contributed by atoms with E-state index in [-0.39, 0.29) is 18.0 Å². The van der Waals surface area contributed by atoms with Gasteiger partial charge in [-0.25, -0.2) is 0 Å². The Morgan fingerprint density at radius 1 is 1.00 bits per heavy atom. The molecule has 0 bridgehead atoms. The van der Waals surface area contributed by atoms with Crippen molar-refractivity contribution in [2.24, 2.45) is 0 Å². The van der Waals surface area contributed by atoms with E-state index in [2.05, 4.69) is 9.97 Å². The molecule has 0 amide bonds. The third-order valence-electron chi connectivity index (χ3n) is 2.74. The predicted molar refractivity (Wildman–Crippen MR) is 75.0 cm³/mol. The highest BCUT2D eigenvalue weighted by molar-refractivity contribution is 5.85. The normalized spacial score (nSPS) is 10.0. The zero-order valence-corrected chi connectivity index (χ0v) is 10.3. The van der Waals surface area contributed by atoms with Gasteiger partial charge in [0.15, 0.2) is 0 Å². The number of nitrogens with one attached hydrogen (secondary N) is 1. The topological polar surface area (TPSA) is 45.8 Å². The molecule has 0 radical (unpaired) electrons. The fraction of sp³-hybridized carbons (Fsp3) is 0. The number of aromatic nitrogens is 2. The number of pyridine rings is 2. The first-order chi connectivity index (χ1) is 8.34. The van der Waals surface area contributed by atoms with Crippen LogP contribution in [0, 0.1) is 0 Å². The summed E-state index contributed by atoms with van der Waals surface area (Å²) < 4.78 is 0. The van der Waals surface area contributed by atoms with Crippen LogP contribution in [-0.2, 0) is 0 Å². The van der Waals surface area contributed by atoms with Gasteiger partial charge in [-0.1, -0.05) is 18.2 Å². The molecule has 0 saturated heterocycles. The van der Waals surface area contributed by atoms with Crippen molar-refractivity contribution in [2.75, 3.05) is 0 Å². The lowest BCUT2D eigenvalue weighted by atomic mass is 10.1. The summed E-state index contributed by atoms with van der Waals surface area (Å²) in [5.74, 6) is 0. The van der Waals surface area contributed by atoms with E-state index in [0.717, 1.165) is 16.6 Å². The van der Waals surface area contributed by atoms with Gasteiger partial charge in [0.2, 0.25) is 0 Å². The van der Waals surface area contributed by atoms with Crippen molar-refractivity contribution in [2.45, 2.75) is 0 Å². The van der Waals surface area contributed by atoms with Gasteiger partial charge in [0.1, 0.15) is 0 Å². The summed E-state index contributed by atoms with van der Waals surface area (Å²) in [6.45, 7) is 0. The van der Waals surface area contributed by atoms with Crippen molar-refractivity contribution in [3.8, 4) is 11.3 Å². The second kappa shape index (κ2) is 5.02. The van der Waals surface area contributed by atoms with Gasteiger partial charge in [0.05, 0.1) is 0 Å². The number of hydrogen-bond acceptors (Lipinski definition) is 2. The van der Waals surface area contributed by atoms with Crippen molar-refractivity contribution in [1.29, 1.82) is 0 Å². The summed E-state index contributed by atoms with van der Waals surface area (Å²) in [6, 6.07) is 13.3. The lowest BCUT2D eigenvalue weighted by molar-refractivity contribution is 1.26. The SMILES string of the molecule is Cl.O=c1[nH]c(-c2ccncc2)cc2ccccc12. The number of hydrogen-bond donors (Lipinski definition) is 1. The van der Waals surface area contributed by atoms with Crippen LogP contribution >= 0.6 is 12.4 Å². The summed E-state index contributed by atoms with van der Waals surface area (Å²) in [4.78, 5) is 18.7. The molecular weight excluding hydrogens is 248 g/mol. The minimum atomic E-state index is -0.0603. The molecule has 0 aliphatic heterocycles.